The van der Waals surface area contributed by atoms with Crippen LogP contribution in [0.2, 0.25) is 5.02 Å². The summed E-state index contributed by atoms with van der Waals surface area (Å²) in [5.41, 5.74) is 1.20. The quantitative estimate of drug-likeness (QED) is 0.782. The van der Waals surface area contributed by atoms with Crippen LogP contribution in [0, 0.1) is 0 Å². The smallest absolute Gasteiger partial charge is 0.0587 e. The van der Waals surface area contributed by atoms with Crippen molar-refractivity contribution < 1.29 is 9.47 Å². The highest BCUT2D eigenvalue weighted by Crippen LogP contribution is 2.34. The van der Waals surface area contributed by atoms with E-state index in [0.29, 0.717) is 11.9 Å². The van der Waals surface area contributed by atoms with Gasteiger partial charge in [-0.2, -0.15) is 0 Å². The number of rotatable bonds is 7. The van der Waals surface area contributed by atoms with Crippen molar-refractivity contribution >= 4 is 23.4 Å². The number of ether oxygens (including phenoxy) is 2. The molecule has 0 radical (unpaired) electrons. The predicted octanol–water partition coefficient (Wildman–Crippen LogP) is 3.35. The van der Waals surface area contributed by atoms with E-state index in [-0.39, 0.29) is 0 Å². The molecule has 1 aromatic carbocycles. The molecule has 0 saturated carbocycles. The molecule has 112 valence electrons. The normalized spacial score (nSPS) is 16.5. The number of hydrogen-bond donors (Lipinski definition) is 1. The fourth-order valence-electron chi connectivity index (χ4n) is 2.18. The molecule has 0 aromatic heterocycles. The van der Waals surface area contributed by atoms with Crippen molar-refractivity contribution in [2.24, 2.45) is 0 Å². The Bertz CT molecular complexity index is 411. The molecule has 1 N–H and O–H groups in total. The van der Waals surface area contributed by atoms with E-state index >= 15 is 0 Å². The lowest BCUT2D eigenvalue weighted by atomic mass is 10.2. The van der Waals surface area contributed by atoms with Gasteiger partial charge >= 0.3 is 0 Å². The van der Waals surface area contributed by atoms with Gasteiger partial charge in [-0.05, 0) is 30.5 Å². The molecule has 0 unspecified atom stereocenters. The van der Waals surface area contributed by atoms with Crippen LogP contribution >= 0.6 is 23.4 Å². The standard InChI is InChI=1S/C15H22ClNO2S/c1-18-10-7-17-11-13-14(16)3-2-4-15(13)20-12-5-8-19-9-6-12/h2-4,12,17H,5-11H2,1H3. The van der Waals surface area contributed by atoms with Crippen molar-refractivity contribution in [3.8, 4) is 0 Å². The summed E-state index contributed by atoms with van der Waals surface area (Å²) in [5.74, 6) is 0. The summed E-state index contributed by atoms with van der Waals surface area (Å²) >= 11 is 8.28. The molecule has 1 aliphatic rings. The van der Waals surface area contributed by atoms with Crippen molar-refractivity contribution in [3.63, 3.8) is 0 Å². The Labute approximate surface area is 130 Å². The number of nitrogens with one attached hydrogen (secondary N) is 1. The second-order valence-electron chi connectivity index (χ2n) is 4.82. The molecule has 0 atom stereocenters. The summed E-state index contributed by atoms with van der Waals surface area (Å²) in [6, 6.07) is 6.16. The van der Waals surface area contributed by atoms with Gasteiger partial charge < -0.3 is 14.8 Å². The van der Waals surface area contributed by atoms with Crippen LogP contribution in [0.4, 0.5) is 0 Å². The third kappa shape index (κ3) is 4.93. The Hall–Kier alpha value is -0.260. The van der Waals surface area contributed by atoms with Gasteiger partial charge in [-0.1, -0.05) is 17.7 Å². The third-order valence-electron chi connectivity index (χ3n) is 3.32. The second-order valence-corrected chi connectivity index (χ2v) is 6.57. The summed E-state index contributed by atoms with van der Waals surface area (Å²) in [5, 5.41) is 4.85. The van der Waals surface area contributed by atoms with Crippen LogP contribution in [0.3, 0.4) is 0 Å². The van der Waals surface area contributed by atoms with Crippen LogP contribution in [0.1, 0.15) is 18.4 Å². The van der Waals surface area contributed by atoms with E-state index in [4.69, 9.17) is 21.1 Å². The molecule has 2 rings (SSSR count). The molecule has 5 heteroatoms. The zero-order valence-electron chi connectivity index (χ0n) is 11.9. The molecule has 20 heavy (non-hydrogen) atoms. The maximum Gasteiger partial charge on any atom is 0.0587 e. The van der Waals surface area contributed by atoms with Gasteiger partial charge in [0.2, 0.25) is 0 Å². The van der Waals surface area contributed by atoms with Gasteiger partial charge in [0.1, 0.15) is 0 Å². The highest BCUT2D eigenvalue weighted by atomic mass is 35.5. The van der Waals surface area contributed by atoms with Crippen molar-refractivity contribution in [1.29, 1.82) is 0 Å². The topological polar surface area (TPSA) is 30.5 Å². The average molecular weight is 316 g/mol. The molecule has 1 fully saturated rings. The van der Waals surface area contributed by atoms with Crippen LogP contribution in [-0.4, -0.2) is 38.7 Å². The van der Waals surface area contributed by atoms with Crippen molar-refractivity contribution in [1.82, 2.24) is 5.32 Å². The minimum atomic E-state index is 0.639. The van der Waals surface area contributed by atoms with E-state index in [1.807, 2.05) is 23.9 Å². The minimum Gasteiger partial charge on any atom is -0.383 e. The number of hydrogen-bond acceptors (Lipinski definition) is 4. The first kappa shape index (κ1) is 16.1. The van der Waals surface area contributed by atoms with Gasteiger partial charge in [-0.3, -0.25) is 0 Å². The Morgan fingerprint density at radius 3 is 2.95 bits per heavy atom. The molecular formula is C15H22ClNO2S. The average Bonchev–Trinajstić information content (AvgIpc) is 2.47. The first-order valence-electron chi connectivity index (χ1n) is 7.02. The Balaban J connectivity index is 1.97. The van der Waals surface area contributed by atoms with Crippen LogP contribution in [0.15, 0.2) is 23.1 Å². The number of thioether (sulfide) groups is 1. The summed E-state index contributed by atoms with van der Waals surface area (Å²) in [6.07, 6.45) is 2.24. The van der Waals surface area contributed by atoms with Gasteiger partial charge in [-0.25, -0.2) is 0 Å². The molecule has 1 saturated heterocycles. The van der Waals surface area contributed by atoms with Crippen molar-refractivity contribution in [2.45, 2.75) is 29.5 Å². The number of methoxy groups -OCH3 is 1. The summed E-state index contributed by atoms with van der Waals surface area (Å²) in [6.45, 7) is 4.09. The van der Waals surface area contributed by atoms with Gasteiger partial charge in [-0.15, -0.1) is 11.8 Å². The monoisotopic (exact) mass is 315 g/mol. The SMILES string of the molecule is COCCNCc1c(Cl)cccc1SC1CCOCC1. The zero-order chi connectivity index (χ0) is 14.2. The van der Waals surface area contributed by atoms with E-state index < -0.39 is 0 Å². The summed E-state index contributed by atoms with van der Waals surface area (Å²) in [4.78, 5) is 1.29. The molecule has 0 spiro atoms. The van der Waals surface area contributed by atoms with E-state index in [9.17, 15) is 0 Å². The predicted molar refractivity (Wildman–Crippen MR) is 84.7 cm³/mol. The van der Waals surface area contributed by atoms with Gasteiger partial charge in [0.25, 0.3) is 0 Å². The lowest BCUT2D eigenvalue weighted by Crippen LogP contribution is -2.20. The molecular weight excluding hydrogens is 294 g/mol. The highest BCUT2D eigenvalue weighted by Gasteiger charge is 2.17. The molecule has 1 aromatic rings. The van der Waals surface area contributed by atoms with Crippen molar-refractivity contribution in [2.75, 3.05) is 33.5 Å². The second kappa shape index (κ2) is 8.90. The van der Waals surface area contributed by atoms with E-state index in [1.165, 1.54) is 10.5 Å². The maximum atomic E-state index is 6.35. The summed E-state index contributed by atoms with van der Waals surface area (Å²) in [7, 11) is 1.71. The summed E-state index contributed by atoms with van der Waals surface area (Å²) < 4.78 is 10.5. The fourth-order valence-corrected chi connectivity index (χ4v) is 3.75. The first-order valence-corrected chi connectivity index (χ1v) is 8.28. The van der Waals surface area contributed by atoms with Crippen LogP contribution in [0.5, 0.6) is 0 Å². The molecule has 1 heterocycles. The molecule has 3 nitrogen and oxygen atoms in total. The molecule has 1 aliphatic heterocycles. The van der Waals surface area contributed by atoms with Crippen molar-refractivity contribution in [3.05, 3.63) is 28.8 Å². The van der Waals surface area contributed by atoms with Gasteiger partial charge in [0.15, 0.2) is 0 Å². The highest BCUT2D eigenvalue weighted by molar-refractivity contribution is 8.00. The van der Waals surface area contributed by atoms with Gasteiger partial charge in [0, 0.05) is 48.6 Å². The lowest BCUT2D eigenvalue weighted by molar-refractivity contribution is 0.1000. The molecule has 0 aliphatic carbocycles. The van der Waals surface area contributed by atoms with Gasteiger partial charge in [0.05, 0.1) is 6.61 Å². The first-order chi connectivity index (χ1) is 9.81. The zero-order valence-corrected chi connectivity index (χ0v) is 13.4. The molecule has 0 amide bonds. The minimum absolute atomic E-state index is 0.639. The number of benzene rings is 1. The van der Waals surface area contributed by atoms with E-state index in [0.717, 1.165) is 44.2 Å². The lowest BCUT2D eigenvalue weighted by Gasteiger charge is -2.23. The largest absolute Gasteiger partial charge is 0.383 e. The fraction of sp³-hybridized carbons (Fsp3) is 0.600. The Kier molecular flexibility index (Phi) is 7.17. The molecule has 0 bridgehead atoms. The third-order valence-corrected chi connectivity index (χ3v) is 5.12. The van der Waals surface area contributed by atoms with Crippen LogP contribution in [0.25, 0.3) is 0 Å². The van der Waals surface area contributed by atoms with Crippen LogP contribution < -0.4 is 5.32 Å². The maximum absolute atomic E-state index is 6.35. The number of halogens is 1. The van der Waals surface area contributed by atoms with E-state index in [2.05, 4.69) is 11.4 Å². The van der Waals surface area contributed by atoms with E-state index in [1.54, 1.807) is 7.11 Å². The van der Waals surface area contributed by atoms with Crippen LogP contribution in [-0.2, 0) is 16.0 Å². The Morgan fingerprint density at radius 1 is 1.40 bits per heavy atom. The Morgan fingerprint density at radius 2 is 2.20 bits per heavy atom.